The number of morpholine rings is 1. The van der Waals surface area contributed by atoms with E-state index in [2.05, 4.69) is 18.9 Å². The average Bonchev–Trinajstić information content (AvgIpc) is 3.34. The van der Waals surface area contributed by atoms with Crippen LogP contribution in [0.15, 0.2) is 30.3 Å². The zero-order chi connectivity index (χ0) is 18.5. The molecule has 3 fully saturated rings. The molecule has 3 saturated heterocycles. The van der Waals surface area contributed by atoms with Crippen LogP contribution in [0.5, 0.6) is 0 Å². The second kappa shape index (κ2) is 6.21. The number of fused-ring (bicyclic) bond motifs is 5. The van der Waals surface area contributed by atoms with Crippen LogP contribution in [0.3, 0.4) is 0 Å². The predicted molar refractivity (Wildman–Crippen MR) is 89.6 cm³/mol. The van der Waals surface area contributed by atoms with E-state index >= 15 is 0 Å². The molecule has 4 rings (SSSR count). The largest absolute Gasteiger partial charge is 0.461 e. The van der Waals surface area contributed by atoms with Gasteiger partial charge in [0.25, 0.3) is 5.09 Å². The van der Waals surface area contributed by atoms with Crippen LogP contribution in [-0.4, -0.2) is 66.6 Å². The number of likely N-dealkylation sites (N-methyl/N-ethyl adjacent to an activating group) is 1. The van der Waals surface area contributed by atoms with Crippen LogP contribution in [-0.2, 0) is 19.1 Å². The van der Waals surface area contributed by atoms with E-state index in [-0.39, 0.29) is 24.9 Å². The molecule has 0 amide bonds. The van der Waals surface area contributed by atoms with Crippen molar-refractivity contribution < 1.29 is 28.7 Å². The van der Waals surface area contributed by atoms with Crippen molar-refractivity contribution in [2.45, 2.75) is 49.2 Å². The van der Waals surface area contributed by atoms with Crippen molar-refractivity contribution in [2.75, 3.05) is 20.7 Å². The van der Waals surface area contributed by atoms with Crippen LogP contribution in [0.2, 0.25) is 0 Å². The number of hydrogen-bond donors (Lipinski definition) is 0. The van der Waals surface area contributed by atoms with E-state index in [4.69, 9.17) is 9.47 Å². The third-order valence-electron chi connectivity index (χ3n) is 6.15. The molecule has 140 valence electrons. The summed E-state index contributed by atoms with van der Waals surface area (Å²) in [5.74, 6) is -1.28. The molecular weight excluding hydrogens is 340 g/mol. The van der Waals surface area contributed by atoms with Gasteiger partial charge in [0.15, 0.2) is 0 Å². The van der Waals surface area contributed by atoms with Crippen LogP contribution in [0, 0.1) is 10.1 Å². The molecule has 1 aromatic rings. The second-order valence-electron chi connectivity index (χ2n) is 7.84. The molecule has 0 N–H and O–H groups in total. The molecule has 3 aliphatic heterocycles. The molecule has 5 unspecified atom stereocenters. The Bertz CT molecular complexity index is 689. The molecule has 8 heteroatoms. The van der Waals surface area contributed by atoms with Crippen molar-refractivity contribution in [3.63, 3.8) is 0 Å². The van der Waals surface area contributed by atoms with Gasteiger partial charge >= 0.3 is 5.97 Å². The van der Waals surface area contributed by atoms with Gasteiger partial charge in [-0.3, -0.25) is 4.79 Å². The second-order valence-corrected chi connectivity index (χ2v) is 7.84. The third-order valence-corrected chi connectivity index (χ3v) is 6.15. The summed E-state index contributed by atoms with van der Waals surface area (Å²) < 4.78 is 12.4. The third kappa shape index (κ3) is 2.93. The Labute approximate surface area is 151 Å². The van der Waals surface area contributed by atoms with Crippen LogP contribution < -0.4 is 0 Å². The summed E-state index contributed by atoms with van der Waals surface area (Å²) in [5, 5.41) is 9.69. The summed E-state index contributed by atoms with van der Waals surface area (Å²) in [6.45, 7) is -0.342. The molecule has 2 bridgehead atoms. The molecule has 1 aromatic carbocycles. The first kappa shape index (κ1) is 17.2. The van der Waals surface area contributed by atoms with E-state index in [1.165, 1.54) is 0 Å². The number of carbonyl (C=O) groups is 1. The summed E-state index contributed by atoms with van der Waals surface area (Å²) >= 11 is 0. The van der Waals surface area contributed by atoms with Gasteiger partial charge in [-0.15, -0.1) is 10.1 Å². The molecule has 0 aliphatic carbocycles. The molecule has 0 spiro atoms. The quantitative estimate of drug-likeness (QED) is 0.249. The van der Waals surface area contributed by atoms with Crippen molar-refractivity contribution in [1.29, 1.82) is 0 Å². The first-order valence-corrected chi connectivity index (χ1v) is 8.89. The summed E-state index contributed by atoms with van der Waals surface area (Å²) in [6, 6.07) is 9.57. The van der Waals surface area contributed by atoms with Gasteiger partial charge in [-0.1, -0.05) is 30.3 Å². The zero-order valence-corrected chi connectivity index (χ0v) is 14.8. The Kier molecular flexibility index (Phi) is 4.11. The highest BCUT2D eigenvalue weighted by Gasteiger charge is 2.70. The van der Waals surface area contributed by atoms with Crippen LogP contribution in [0.1, 0.15) is 24.3 Å². The SMILES string of the molecule is C[N+]1(C)C2CC(OC(=O)C(CO[N+](=O)[O-])c3ccccc3)CC1C1OC12. The lowest BCUT2D eigenvalue weighted by atomic mass is 9.95. The lowest BCUT2D eigenvalue weighted by molar-refractivity contribution is -0.938. The maximum absolute atomic E-state index is 12.8. The van der Waals surface area contributed by atoms with Crippen molar-refractivity contribution >= 4 is 5.97 Å². The van der Waals surface area contributed by atoms with Crippen molar-refractivity contribution in [3.05, 3.63) is 46.0 Å². The number of hydrogen-bond acceptors (Lipinski definition) is 6. The van der Waals surface area contributed by atoms with Gasteiger partial charge in [-0.2, -0.15) is 0 Å². The van der Waals surface area contributed by atoms with Gasteiger partial charge in [-0.25, -0.2) is 0 Å². The number of benzene rings is 1. The smallest absolute Gasteiger partial charge is 0.315 e. The molecule has 26 heavy (non-hydrogen) atoms. The van der Waals surface area contributed by atoms with E-state index in [1.54, 1.807) is 24.3 Å². The van der Waals surface area contributed by atoms with E-state index < -0.39 is 17.0 Å². The Morgan fingerprint density at radius 3 is 2.46 bits per heavy atom. The molecule has 5 atom stereocenters. The Balaban J connectivity index is 1.45. The number of ether oxygens (including phenoxy) is 2. The number of rotatable bonds is 6. The predicted octanol–water partition coefficient (Wildman–Crippen LogP) is 1.28. The van der Waals surface area contributed by atoms with Crippen molar-refractivity contribution in [3.8, 4) is 0 Å². The van der Waals surface area contributed by atoms with E-state index in [1.807, 2.05) is 6.07 Å². The fraction of sp³-hybridized carbons (Fsp3) is 0.611. The average molecular weight is 363 g/mol. The van der Waals surface area contributed by atoms with E-state index in [9.17, 15) is 14.9 Å². The molecule has 3 heterocycles. The number of carbonyl (C=O) groups excluding carboxylic acids is 1. The zero-order valence-electron chi connectivity index (χ0n) is 14.8. The minimum atomic E-state index is -0.880. The number of quaternary nitrogens is 1. The summed E-state index contributed by atoms with van der Waals surface area (Å²) in [5.41, 5.74) is 0.653. The Morgan fingerprint density at radius 2 is 1.88 bits per heavy atom. The van der Waals surface area contributed by atoms with Gasteiger partial charge < -0.3 is 18.8 Å². The molecule has 0 saturated carbocycles. The fourth-order valence-electron chi connectivity index (χ4n) is 4.67. The fourth-order valence-corrected chi connectivity index (χ4v) is 4.67. The number of piperidine rings is 1. The Morgan fingerprint density at radius 1 is 1.27 bits per heavy atom. The lowest BCUT2D eigenvalue weighted by Crippen LogP contribution is -2.60. The van der Waals surface area contributed by atoms with Crippen molar-refractivity contribution in [1.82, 2.24) is 0 Å². The van der Waals surface area contributed by atoms with E-state index in [0.717, 1.165) is 17.3 Å². The monoisotopic (exact) mass is 363 g/mol. The molecule has 3 aliphatic rings. The molecule has 8 nitrogen and oxygen atoms in total. The van der Waals surface area contributed by atoms with Crippen LogP contribution in [0.25, 0.3) is 0 Å². The van der Waals surface area contributed by atoms with Gasteiger partial charge in [0.1, 0.15) is 42.9 Å². The van der Waals surface area contributed by atoms with Gasteiger partial charge in [0, 0.05) is 12.8 Å². The Hall–Kier alpha value is -2.19. The maximum atomic E-state index is 12.8. The highest BCUT2D eigenvalue weighted by Crippen LogP contribution is 2.51. The van der Waals surface area contributed by atoms with Crippen molar-refractivity contribution in [2.24, 2.45) is 0 Å². The van der Waals surface area contributed by atoms with Gasteiger partial charge in [0.2, 0.25) is 0 Å². The lowest BCUT2D eigenvalue weighted by Gasteiger charge is -2.45. The summed E-state index contributed by atoms with van der Waals surface area (Å²) in [4.78, 5) is 27.8. The molecular formula is C18H23N2O6+. The summed E-state index contributed by atoms with van der Waals surface area (Å²) in [7, 11) is 4.42. The van der Waals surface area contributed by atoms with Gasteiger partial charge in [0.05, 0.1) is 14.1 Å². The van der Waals surface area contributed by atoms with E-state index in [0.29, 0.717) is 17.6 Å². The number of nitrogens with zero attached hydrogens (tertiary/aromatic N) is 2. The van der Waals surface area contributed by atoms with Gasteiger partial charge in [-0.05, 0) is 5.56 Å². The van der Waals surface area contributed by atoms with Crippen LogP contribution >= 0.6 is 0 Å². The highest BCUT2D eigenvalue weighted by molar-refractivity contribution is 5.78. The van der Waals surface area contributed by atoms with Crippen LogP contribution in [0.4, 0.5) is 0 Å². The first-order chi connectivity index (χ1) is 12.4. The normalized spacial score (nSPS) is 34.5. The maximum Gasteiger partial charge on any atom is 0.315 e. The topological polar surface area (TPSA) is 91.2 Å². The summed E-state index contributed by atoms with van der Waals surface area (Å²) in [6.07, 6.45) is 1.90. The molecule has 0 aromatic heterocycles. The molecule has 0 radical (unpaired) electrons. The highest BCUT2D eigenvalue weighted by atomic mass is 16.9. The minimum absolute atomic E-state index is 0.179. The number of esters is 1. The standard InChI is InChI=1S/C18H23N2O6/c1-20(2)14-8-12(9-15(20)17-16(14)26-17)25-18(21)13(10-24-19(22)23)11-6-4-3-5-7-11/h3-7,12-17H,8-10H2,1-2H3/q+1. The first-order valence-electron chi connectivity index (χ1n) is 8.89. The minimum Gasteiger partial charge on any atom is -0.461 e. The number of epoxide rings is 1.